The maximum absolute atomic E-state index is 14.0. The average Bonchev–Trinajstić information content (AvgIpc) is 3.35. The average molecular weight is 724 g/mol. The summed E-state index contributed by atoms with van der Waals surface area (Å²) in [7, 11) is 2.13. The van der Waals surface area contributed by atoms with Gasteiger partial charge < -0.3 is 20.1 Å². The lowest BCUT2D eigenvalue weighted by atomic mass is 9.33. The normalized spacial score (nSPS) is 39.3. The van der Waals surface area contributed by atoms with Crippen molar-refractivity contribution in [2.24, 2.45) is 56.2 Å². The first-order valence-corrected chi connectivity index (χ1v) is 20.5. The Morgan fingerprint density at radius 3 is 2.21 bits per heavy atom. The van der Waals surface area contributed by atoms with Crippen LogP contribution in [-0.4, -0.2) is 91.0 Å². The molecule has 1 amide bonds. The number of hydrogen-bond donors (Lipinski definition) is 2. The van der Waals surface area contributed by atoms with Crippen molar-refractivity contribution in [1.29, 1.82) is 0 Å². The van der Waals surface area contributed by atoms with Gasteiger partial charge in [0.25, 0.3) is 0 Å². The number of ether oxygens (including phenoxy) is 1. The number of aliphatic carboxylic acids is 1. The highest BCUT2D eigenvalue weighted by Gasteiger charge is 2.70. The van der Waals surface area contributed by atoms with Crippen LogP contribution in [0.15, 0.2) is 11.1 Å². The zero-order valence-electron chi connectivity index (χ0n) is 34.1. The van der Waals surface area contributed by atoms with Crippen molar-refractivity contribution in [2.75, 3.05) is 46.3 Å². The molecule has 52 heavy (non-hydrogen) atoms. The Morgan fingerprint density at radius 2 is 1.58 bits per heavy atom. The summed E-state index contributed by atoms with van der Waals surface area (Å²) >= 11 is 0. The van der Waals surface area contributed by atoms with Gasteiger partial charge >= 0.3 is 11.9 Å². The van der Waals surface area contributed by atoms with Gasteiger partial charge in [0, 0.05) is 50.0 Å². The third-order valence-corrected chi connectivity index (χ3v) is 16.5. The zero-order chi connectivity index (χ0) is 38.2. The van der Waals surface area contributed by atoms with E-state index in [0.29, 0.717) is 43.0 Å². The van der Waals surface area contributed by atoms with Gasteiger partial charge in [0.1, 0.15) is 6.10 Å². The van der Waals surface area contributed by atoms with Crippen LogP contribution in [0.25, 0.3) is 0 Å². The first-order valence-electron chi connectivity index (χ1n) is 20.5. The molecular formula is C43H69N3O6. The third kappa shape index (κ3) is 6.29. The Hall–Kier alpha value is -2.26. The summed E-state index contributed by atoms with van der Waals surface area (Å²) in [6.07, 6.45) is 8.29. The lowest BCUT2D eigenvalue weighted by Crippen LogP contribution is -2.66. The van der Waals surface area contributed by atoms with Crippen molar-refractivity contribution in [1.82, 2.24) is 15.1 Å². The molecule has 2 N–H and O–H groups in total. The molecule has 0 radical (unpaired) electrons. The van der Waals surface area contributed by atoms with Gasteiger partial charge in [0.2, 0.25) is 5.91 Å². The molecule has 1 saturated heterocycles. The van der Waals surface area contributed by atoms with E-state index in [1.165, 1.54) is 5.57 Å². The highest BCUT2D eigenvalue weighted by molar-refractivity contribution is 6.00. The number of likely N-dealkylation sites (N-methyl/N-ethyl adjacent to an activating group) is 1. The molecule has 9 nitrogen and oxygen atoms in total. The molecule has 0 spiro atoms. The molecule has 2 unspecified atom stereocenters. The fourth-order valence-corrected chi connectivity index (χ4v) is 13.3. The van der Waals surface area contributed by atoms with Crippen molar-refractivity contribution < 1.29 is 29.0 Å². The van der Waals surface area contributed by atoms with Crippen LogP contribution in [0, 0.1) is 56.2 Å². The fourth-order valence-electron chi connectivity index (χ4n) is 13.3. The molecule has 6 aliphatic rings. The molecule has 5 fully saturated rings. The van der Waals surface area contributed by atoms with Gasteiger partial charge in [-0.2, -0.15) is 0 Å². The number of allylic oxidation sites excluding steroid dienone is 1. The molecule has 8 atom stereocenters. The number of rotatable bonds is 9. The molecule has 9 heteroatoms. The number of amides is 1. The van der Waals surface area contributed by atoms with Crippen LogP contribution in [0.4, 0.5) is 0 Å². The summed E-state index contributed by atoms with van der Waals surface area (Å²) in [5.41, 5.74) is 0.978. The van der Waals surface area contributed by atoms with Gasteiger partial charge in [-0.15, -0.1) is 0 Å². The maximum Gasteiger partial charge on any atom is 0.309 e. The number of nitrogens with one attached hydrogen (secondary N) is 1. The van der Waals surface area contributed by atoms with Crippen molar-refractivity contribution >= 4 is 23.6 Å². The molecule has 1 aliphatic heterocycles. The standard InChI is InChI=1S/C43H69N3O6/c1-27(2)35-29(47)23-43(26-44-33(48)25-46-21-19-45(10)20-22-46)18-17-41(8)28(36(35)43)11-12-31-40(7)15-14-32(52-34(49)24-38(3,4)37(50)51)39(5,6)30(40)13-16-42(31,41)9/h27-28,30-32H,11-26H2,1-10H3,(H,44,48)(H,50,51)/t28-,30?,31?,32+,40+,41-,42-,43+/m1/s1. The van der Waals surface area contributed by atoms with Gasteiger partial charge in [0.15, 0.2) is 5.78 Å². The summed E-state index contributed by atoms with van der Waals surface area (Å²) in [5, 5.41) is 13.0. The Bertz CT molecular complexity index is 1490. The van der Waals surface area contributed by atoms with Crippen LogP contribution < -0.4 is 5.32 Å². The third-order valence-electron chi connectivity index (χ3n) is 16.5. The lowest BCUT2D eigenvalue weighted by Gasteiger charge is -2.72. The quantitative estimate of drug-likeness (QED) is 0.252. The largest absolute Gasteiger partial charge is 0.481 e. The molecule has 6 rings (SSSR count). The summed E-state index contributed by atoms with van der Waals surface area (Å²) < 4.78 is 6.17. The molecule has 0 aromatic rings. The fraction of sp³-hybridized carbons (Fsp3) is 0.860. The minimum absolute atomic E-state index is 0.0349. The van der Waals surface area contributed by atoms with Gasteiger partial charge in [-0.25, -0.2) is 0 Å². The predicted molar refractivity (Wildman–Crippen MR) is 202 cm³/mol. The van der Waals surface area contributed by atoms with E-state index in [2.05, 4.69) is 70.6 Å². The van der Waals surface area contributed by atoms with E-state index >= 15 is 0 Å². The van der Waals surface area contributed by atoms with Gasteiger partial charge in [0.05, 0.1) is 18.4 Å². The number of Topliss-reactive ketones (excluding diaryl/α,β-unsaturated/α-hetero) is 1. The number of carbonyl (C=O) groups excluding carboxylic acids is 3. The molecule has 292 valence electrons. The van der Waals surface area contributed by atoms with Gasteiger partial charge in [-0.1, -0.05) is 54.0 Å². The number of esters is 1. The predicted octanol–water partition coefficient (Wildman–Crippen LogP) is 6.74. The number of ketones is 1. The van der Waals surface area contributed by atoms with Gasteiger partial charge in [-0.05, 0) is 118 Å². The number of piperazine rings is 1. The van der Waals surface area contributed by atoms with Gasteiger partial charge in [-0.3, -0.25) is 24.1 Å². The Labute approximate surface area is 313 Å². The first kappa shape index (κ1) is 39.4. The second-order valence-electron chi connectivity index (χ2n) is 20.5. The van der Waals surface area contributed by atoms with Crippen LogP contribution in [0.2, 0.25) is 0 Å². The second kappa shape index (κ2) is 13.5. The molecule has 0 aromatic heterocycles. The number of hydrogen-bond acceptors (Lipinski definition) is 7. The van der Waals surface area contributed by atoms with Crippen LogP contribution in [0.5, 0.6) is 0 Å². The highest BCUT2D eigenvalue weighted by atomic mass is 16.5. The van der Waals surface area contributed by atoms with E-state index in [-0.39, 0.29) is 51.4 Å². The van der Waals surface area contributed by atoms with E-state index in [4.69, 9.17) is 4.74 Å². The maximum atomic E-state index is 14.0. The van der Waals surface area contributed by atoms with E-state index in [1.807, 2.05) is 0 Å². The Morgan fingerprint density at radius 1 is 0.904 bits per heavy atom. The van der Waals surface area contributed by atoms with Crippen LogP contribution in [-0.2, 0) is 23.9 Å². The van der Waals surface area contributed by atoms with Crippen molar-refractivity contribution in [3.05, 3.63) is 11.1 Å². The van der Waals surface area contributed by atoms with Crippen molar-refractivity contribution in [3.8, 4) is 0 Å². The van der Waals surface area contributed by atoms with E-state index in [9.17, 15) is 24.3 Å². The van der Waals surface area contributed by atoms with E-state index in [0.717, 1.165) is 83.1 Å². The first-order chi connectivity index (χ1) is 24.1. The summed E-state index contributed by atoms with van der Waals surface area (Å²) in [5.74, 6) is 0.353. The molecular weight excluding hydrogens is 654 g/mol. The highest BCUT2D eigenvalue weighted by Crippen LogP contribution is 2.76. The molecule has 5 aliphatic carbocycles. The Kier molecular flexibility index (Phi) is 10.2. The number of nitrogens with zero attached hydrogens (tertiary/aromatic N) is 2. The van der Waals surface area contributed by atoms with Crippen LogP contribution in [0.1, 0.15) is 127 Å². The molecule has 4 saturated carbocycles. The molecule has 0 bridgehead atoms. The zero-order valence-corrected chi connectivity index (χ0v) is 34.1. The minimum Gasteiger partial charge on any atom is -0.481 e. The van der Waals surface area contributed by atoms with Crippen LogP contribution in [0.3, 0.4) is 0 Å². The van der Waals surface area contributed by atoms with E-state index in [1.54, 1.807) is 13.8 Å². The van der Waals surface area contributed by atoms with Crippen LogP contribution >= 0.6 is 0 Å². The number of fused-ring (bicyclic) bond motifs is 7. The SMILES string of the molecule is CC(C)C1=C2[C@H]3CCC4[C@@]5(C)CC[C@H](OC(=O)CC(C)(C)C(=O)O)C(C)(C)C5CC[C@@]4(C)[C@]3(C)CC[C@@]2(CNC(=O)CN2CCN(C)CC2)CC1=O. The number of carboxylic acids is 1. The number of carbonyl (C=O) groups is 4. The van der Waals surface area contributed by atoms with E-state index < -0.39 is 17.4 Å². The number of carboxylic acid groups (broad SMARTS) is 1. The topological polar surface area (TPSA) is 116 Å². The molecule has 0 aromatic carbocycles. The molecule has 1 heterocycles. The summed E-state index contributed by atoms with van der Waals surface area (Å²) in [4.78, 5) is 56.8. The second-order valence-corrected chi connectivity index (χ2v) is 20.5. The van der Waals surface area contributed by atoms with Crippen molar-refractivity contribution in [3.63, 3.8) is 0 Å². The smallest absolute Gasteiger partial charge is 0.309 e. The summed E-state index contributed by atoms with van der Waals surface area (Å²) in [6.45, 7) is 24.5. The van der Waals surface area contributed by atoms with Crippen molar-refractivity contribution in [2.45, 2.75) is 133 Å². The lowest BCUT2D eigenvalue weighted by molar-refractivity contribution is -0.233. The monoisotopic (exact) mass is 724 g/mol. The Balaban J connectivity index is 1.23. The summed E-state index contributed by atoms with van der Waals surface area (Å²) in [6, 6.07) is 0. The minimum atomic E-state index is -1.16.